The molecule has 19 heavy (non-hydrogen) atoms. The summed E-state index contributed by atoms with van der Waals surface area (Å²) in [5.74, 6) is 1.08. The van der Waals surface area contributed by atoms with Gasteiger partial charge in [0.25, 0.3) is 5.91 Å². The average Bonchev–Trinajstić information content (AvgIpc) is 3.20. The molecule has 0 radical (unpaired) electrons. The van der Waals surface area contributed by atoms with Crippen LogP contribution in [0.2, 0.25) is 0 Å². The highest BCUT2D eigenvalue weighted by Crippen LogP contribution is 2.32. The van der Waals surface area contributed by atoms with Crippen molar-refractivity contribution in [3.05, 3.63) is 23.9 Å². The number of carbonyl (C=O) groups excluding carboxylic acids is 1. The summed E-state index contributed by atoms with van der Waals surface area (Å²) in [7, 11) is 0. The zero-order valence-corrected chi connectivity index (χ0v) is 11.5. The van der Waals surface area contributed by atoms with E-state index in [2.05, 4.69) is 15.6 Å². The molecule has 5 nitrogen and oxygen atoms in total. The van der Waals surface area contributed by atoms with Gasteiger partial charge in [-0.25, -0.2) is 4.98 Å². The molecule has 0 aliphatic heterocycles. The molecule has 104 valence electrons. The van der Waals surface area contributed by atoms with Crippen LogP contribution in [-0.4, -0.2) is 29.5 Å². The second-order valence-electron chi connectivity index (χ2n) is 5.35. The van der Waals surface area contributed by atoms with Gasteiger partial charge in [0.2, 0.25) is 0 Å². The van der Waals surface area contributed by atoms with Gasteiger partial charge in [0.15, 0.2) is 0 Å². The maximum atomic E-state index is 12.3. The van der Waals surface area contributed by atoms with Gasteiger partial charge in [0, 0.05) is 24.8 Å². The van der Waals surface area contributed by atoms with Gasteiger partial charge in [-0.15, -0.1) is 0 Å². The van der Waals surface area contributed by atoms with Gasteiger partial charge in [-0.05, 0) is 44.7 Å². The quantitative estimate of drug-likeness (QED) is 0.723. The van der Waals surface area contributed by atoms with E-state index >= 15 is 0 Å². The third-order valence-corrected chi connectivity index (χ3v) is 3.24. The first-order valence-electron chi connectivity index (χ1n) is 6.84. The van der Waals surface area contributed by atoms with Crippen LogP contribution < -0.4 is 16.4 Å². The molecule has 1 aromatic heterocycles. The van der Waals surface area contributed by atoms with Gasteiger partial charge in [0.1, 0.15) is 5.82 Å². The number of rotatable bonds is 6. The number of hydrogen-bond donors (Lipinski definition) is 3. The zero-order chi connectivity index (χ0) is 13.8. The normalized spacial score (nSPS) is 16.2. The first kappa shape index (κ1) is 13.8. The predicted molar refractivity (Wildman–Crippen MR) is 76.0 cm³/mol. The summed E-state index contributed by atoms with van der Waals surface area (Å²) in [4.78, 5) is 16.5. The summed E-state index contributed by atoms with van der Waals surface area (Å²) in [5.41, 5.74) is 6.29. The third kappa shape index (κ3) is 3.67. The first-order chi connectivity index (χ1) is 9.11. The van der Waals surface area contributed by atoms with E-state index < -0.39 is 0 Å². The lowest BCUT2D eigenvalue weighted by Crippen LogP contribution is -2.42. The van der Waals surface area contributed by atoms with E-state index in [9.17, 15) is 4.79 Å². The minimum atomic E-state index is -0.0985. The van der Waals surface area contributed by atoms with Crippen LogP contribution in [0, 0.1) is 5.92 Å². The fraction of sp³-hybridized carbons (Fsp3) is 0.571. The molecule has 1 amide bonds. The zero-order valence-electron chi connectivity index (χ0n) is 11.5. The molecule has 1 aliphatic carbocycles. The summed E-state index contributed by atoms with van der Waals surface area (Å²) in [6.07, 6.45) is 4.00. The van der Waals surface area contributed by atoms with Crippen molar-refractivity contribution < 1.29 is 4.79 Å². The standard InChI is InChI=1S/C14H22N4O/c1-9(2)17-13-11(4-3-7-16-13)14(19)18-12(8-15)10-5-6-10/h3-4,7,9-10,12H,5-6,8,15H2,1-2H3,(H,16,17)(H,18,19). The molecule has 0 bridgehead atoms. The number of amides is 1. The molecular weight excluding hydrogens is 240 g/mol. The van der Waals surface area contributed by atoms with Crippen LogP contribution in [-0.2, 0) is 0 Å². The van der Waals surface area contributed by atoms with Gasteiger partial charge in [-0.2, -0.15) is 0 Å². The molecule has 1 aromatic rings. The number of pyridine rings is 1. The number of aromatic nitrogens is 1. The molecule has 1 unspecified atom stereocenters. The highest BCUT2D eigenvalue weighted by molar-refractivity contribution is 5.98. The number of carbonyl (C=O) groups is 1. The number of anilines is 1. The topological polar surface area (TPSA) is 80.0 Å². The molecule has 1 atom stereocenters. The molecule has 2 rings (SSSR count). The molecule has 1 aliphatic rings. The van der Waals surface area contributed by atoms with Gasteiger partial charge in [-0.1, -0.05) is 0 Å². The fourth-order valence-corrected chi connectivity index (χ4v) is 2.09. The summed E-state index contributed by atoms with van der Waals surface area (Å²) in [6.45, 7) is 4.52. The predicted octanol–water partition coefficient (Wildman–Crippen LogP) is 1.37. The Morgan fingerprint density at radius 1 is 1.53 bits per heavy atom. The first-order valence-corrected chi connectivity index (χ1v) is 6.84. The Hall–Kier alpha value is -1.62. The molecular formula is C14H22N4O. The number of nitrogens with zero attached hydrogens (tertiary/aromatic N) is 1. The Kier molecular flexibility index (Phi) is 4.37. The lowest BCUT2D eigenvalue weighted by atomic mass is 10.1. The molecule has 1 fully saturated rings. The molecule has 1 heterocycles. The van der Waals surface area contributed by atoms with E-state index in [1.807, 2.05) is 13.8 Å². The molecule has 4 N–H and O–H groups in total. The monoisotopic (exact) mass is 262 g/mol. The lowest BCUT2D eigenvalue weighted by molar-refractivity contribution is 0.0934. The van der Waals surface area contributed by atoms with Crippen molar-refractivity contribution >= 4 is 11.7 Å². The summed E-state index contributed by atoms with van der Waals surface area (Å²) < 4.78 is 0. The van der Waals surface area contributed by atoms with E-state index in [1.165, 1.54) is 0 Å². The Bertz CT molecular complexity index is 443. The van der Waals surface area contributed by atoms with E-state index in [4.69, 9.17) is 5.73 Å². The highest BCUT2D eigenvalue weighted by atomic mass is 16.1. The van der Waals surface area contributed by atoms with Gasteiger partial charge in [-0.3, -0.25) is 4.79 Å². The van der Waals surface area contributed by atoms with Crippen LogP contribution in [0.5, 0.6) is 0 Å². The van der Waals surface area contributed by atoms with Crippen LogP contribution in [0.4, 0.5) is 5.82 Å². The minimum absolute atomic E-state index is 0.0830. The maximum absolute atomic E-state index is 12.3. The number of nitrogens with one attached hydrogen (secondary N) is 2. The van der Waals surface area contributed by atoms with Crippen molar-refractivity contribution in [1.82, 2.24) is 10.3 Å². The van der Waals surface area contributed by atoms with Crippen molar-refractivity contribution in [2.45, 2.75) is 38.8 Å². The lowest BCUT2D eigenvalue weighted by Gasteiger charge is -2.18. The van der Waals surface area contributed by atoms with Crippen molar-refractivity contribution in [2.75, 3.05) is 11.9 Å². The van der Waals surface area contributed by atoms with E-state index in [0.717, 1.165) is 12.8 Å². The molecule has 1 saturated carbocycles. The summed E-state index contributed by atoms with van der Waals surface area (Å²) >= 11 is 0. The average molecular weight is 262 g/mol. The molecule has 0 spiro atoms. The molecule has 0 saturated heterocycles. The van der Waals surface area contributed by atoms with Crippen LogP contribution in [0.1, 0.15) is 37.0 Å². The van der Waals surface area contributed by atoms with E-state index in [-0.39, 0.29) is 18.0 Å². The minimum Gasteiger partial charge on any atom is -0.367 e. The smallest absolute Gasteiger partial charge is 0.255 e. The second kappa shape index (κ2) is 6.02. The van der Waals surface area contributed by atoms with Crippen LogP contribution in [0.25, 0.3) is 0 Å². The fourth-order valence-electron chi connectivity index (χ4n) is 2.09. The molecule has 0 aromatic carbocycles. The Balaban J connectivity index is 2.09. The van der Waals surface area contributed by atoms with E-state index in [0.29, 0.717) is 23.8 Å². The third-order valence-electron chi connectivity index (χ3n) is 3.24. The summed E-state index contributed by atoms with van der Waals surface area (Å²) in [5, 5.41) is 6.20. The number of nitrogens with two attached hydrogens (primary N) is 1. The van der Waals surface area contributed by atoms with Crippen LogP contribution in [0.15, 0.2) is 18.3 Å². The van der Waals surface area contributed by atoms with Crippen molar-refractivity contribution in [3.63, 3.8) is 0 Å². The Labute approximate surface area is 114 Å². The van der Waals surface area contributed by atoms with Crippen LogP contribution >= 0.6 is 0 Å². The van der Waals surface area contributed by atoms with Crippen LogP contribution in [0.3, 0.4) is 0 Å². The number of hydrogen-bond acceptors (Lipinski definition) is 4. The summed E-state index contributed by atoms with van der Waals surface area (Å²) in [6, 6.07) is 3.87. The van der Waals surface area contributed by atoms with Crippen molar-refractivity contribution in [1.29, 1.82) is 0 Å². The van der Waals surface area contributed by atoms with E-state index in [1.54, 1.807) is 18.3 Å². The SMILES string of the molecule is CC(C)Nc1ncccc1C(=O)NC(CN)C1CC1. The van der Waals surface area contributed by atoms with Crippen molar-refractivity contribution in [2.24, 2.45) is 11.7 Å². The molecule has 5 heteroatoms. The second-order valence-corrected chi connectivity index (χ2v) is 5.35. The largest absolute Gasteiger partial charge is 0.367 e. The van der Waals surface area contributed by atoms with Gasteiger partial charge in [0.05, 0.1) is 5.56 Å². The maximum Gasteiger partial charge on any atom is 0.255 e. The Morgan fingerprint density at radius 2 is 2.26 bits per heavy atom. The highest BCUT2D eigenvalue weighted by Gasteiger charge is 2.31. The Morgan fingerprint density at radius 3 is 2.84 bits per heavy atom. The van der Waals surface area contributed by atoms with Crippen molar-refractivity contribution in [3.8, 4) is 0 Å². The van der Waals surface area contributed by atoms with Gasteiger partial charge >= 0.3 is 0 Å². The van der Waals surface area contributed by atoms with Gasteiger partial charge < -0.3 is 16.4 Å².